The van der Waals surface area contributed by atoms with Crippen molar-refractivity contribution in [3.8, 4) is 28.6 Å². The number of phenolic OH excluding ortho intramolecular Hbond substituents is 2. The summed E-state index contributed by atoms with van der Waals surface area (Å²) < 4.78 is 5.49. The van der Waals surface area contributed by atoms with E-state index in [0.29, 0.717) is 5.58 Å². The molecule has 2 aromatic carbocycles. The molecule has 3 rings (SSSR count). The molecule has 1 aromatic heterocycles. The lowest BCUT2D eigenvalue weighted by Gasteiger charge is -2.07. The van der Waals surface area contributed by atoms with E-state index in [4.69, 9.17) is 4.42 Å². The van der Waals surface area contributed by atoms with Crippen LogP contribution in [0.15, 0.2) is 51.7 Å². The Morgan fingerprint density at radius 3 is 2.45 bits per heavy atom. The molecule has 1 heterocycles. The van der Waals surface area contributed by atoms with Gasteiger partial charge in [0, 0.05) is 6.07 Å². The van der Waals surface area contributed by atoms with E-state index in [1.165, 1.54) is 12.1 Å². The Morgan fingerprint density at radius 2 is 1.70 bits per heavy atom. The zero-order chi connectivity index (χ0) is 14.3. The van der Waals surface area contributed by atoms with E-state index in [1.807, 2.05) is 0 Å². The van der Waals surface area contributed by atoms with Crippen LogP contribution in [0, 0.1) is 0 Å². The van der Waals surface area contributed by atoms with Crippen LogP contribution < -0.4 is 5.43 Å². The second-order valence-corrected chi connectivity index (χ2v) is 4.31. The Labute approximate surface area is 113 Å². The highest BCUT2D eigenvalue weighted by Crippen LogP contribution is 2.37. The molecule has 0 aliphatic rings. The van der Waals surface area contributed by atoms with Crippen molar-refractivity contribution >= 4 is 11.0 Å². The zero-order valence-electron chi connectivity index (χ0n) is 10.2. The number of aromatic hydroxyl groups is 3. The molecular formula is C15H10O5. The van der Waals surface area contributed by atoms with Gasteiger partial charge in [0.25, 0.3) is 0 Å². The molecule has 3 N–H and O–H groups in total. The smallest absolute Gasteiger partial charge is 0.235 e. The highest BCUT2D eigenvalue weighted by Gasteiger charge is 2.17. The molecule has 100 valence electrons. The first kappa shape index (κ1) is 12.1. The summed E-state index contributed by atoms with van der Waals surface area (Å²) in [6.45, 7) is 0. The highest BCUT2D eigenvalue weighted by molar-refractivity contribution is 5.83. The fraction of sp³-hybridized carbons (Fsp3) is 0. The molecule has 0 bridgehead atoms. The van der Waals surface area contributed by atoms with Crippen LogP contribution in [0.3, 0.4) is 0 Å². The predicted molar refractivity (Wildman–Crippen MR) is 72.9 cm³/mol. The summed E-state index contributed by atoms with van der Waals surface area (Å²) in [6, 6.07) is 10.3. The third-order valence-electron chi connectivity index (χ3n) is 3.00. The molecule has 0 saturated carbocycles. The number of phenols is 2. The molecule has 0 spiro atoms. The minimum Gasteiger partial charge on any atom is -0.508 e. The van der Waals surface area contributed by atoms with E-state index in [1.54, 1.807) is 24.3 Å². The van der Waals surface area contributed by atoms with E-state index in [-0.39, 0.29) is 28.2 Å². The van der Waals surface area contributed by atoms with Crippen LogP contribution in [0.25, 0.3) is 22.3 Å². The summed E-state index contributed by atoms with van der Waals surface area (Å²) in [7, 11) is 0. The molecular weight excluding hydrogens is 260 g/mol. The molecule has 0 aliphatic carbocycles. The highest BCUT2D eigenvalue weighted by atomic mass is 16.4. The molecule has 5 nitrogen and oxygen atoms in total. The Hall–Kier alpha value is -2.95. The third kappa shape index (κ3) is 1.76. The number of benzene rings is 2. The number of hydrogen-bond acceptors (Lipinski definition) is 5. The second-order valence-electron chi connectivity index (χ2n) is 4.31. The first-order chi connectivity index (χ1) is 9.58. The van der Waals surface area contributed by atoms with Crippen molar-refractivity contribution in [1.29, 1.82) is 0 Å². The zero-order valence-corrected chi connectivity index (χ0v) is 10.2. The number of fused-ring (bicyclic) bond motifs is 1. The Bertz CT molecular complexity index is 864. The topological polar surface area (TPSA) is 90.9 Å². The van der Waals surface area contributed by atoms with E-state index in [0.717, 1.165) is 6.07 Å². The number of para-hydroxylation sites is 1. The summed E-state index contributed by atoms with van der Waals surface area (Å²) >= 11 is 0. The standard InChI is InChI=1S/C15H10O5/c16-8-5-6-9(11(17)7-8)15-14(19)13(18)10-3-1-2-4-12(10)20-15/h1-7,16-17,19H. The van der Waals surface area contributed by atoms with Gasteiger partial charge in [-0.1, -0.05) is 12.1 Å². The molecule has 20 heavy (non-hydrogen) atoms. The lowest BCUT2D eigenvalue weighted by molar-refractivity contribution is 0.438. The van der Waals surface area contributed by atoms with E-state index < -0.39 is 11.2 Å². The molecule has 0 amide bonds. The van der Waals surface area contributed by atoms with Gasteiger partial charge in [-0.25, -0.2) is 0 Å². The quantitative estimate of drug-likeness (QED) is 0.632. The van der Waals surface area contributed by atoms with Crippen molar-refractivity contribution in [2.45, 2.75) is 0 Å². The maximum atomic E-state index is 12.1. The van der Waals surface area contributed by atoms with Gasteiger partial charge in [-0.15, -0.1) is 0 Å². The molecule has 0 radical (unpaired) electrons. The SMILES string of the molecule is O=c1c(O)c(-c2ccc(O)cc2O)oc2ccccc12. The average molecular weight is 270 g/mol. The average Bonchev–Trinajstić information content (AvgIpc) is 2.43. The number of hydrogen-bond donors (Lipinski definition) is 3. The summed E-state index contributed by atoms with van der Waals surface area (Å²) in [5.41, 5.74) is -0.143. The first-order valence-corrected chi connectivity index (χ1v) is 5.85. The minimum atomic E-state index is -0.579. The third-order valence-corrected chi connectivity index (χ3v) is 3.00. The summed E-state index contributed by atoms with van der Waals surface area (Å²) in [5, 5.41) is 29.3. The van der Waals surface area contributed by atoms with Crippen molar-refractivity contribution in [3.05, 3.63) is 52.7 Å². The molecule has 3 aromatic rings. The van der Waals surface area contributed by atoms with Gasteiger partial charge in [0.2, 0.25) is 11.2 Å². The normalized spacial score (nSPS) is 10.8. The van der Waals surface area contributed by atoms with Gasteiger partial charge in [0.1, 0.15) is 17.1 Å². The van der Waals surface area contributed by atoms with Crippen molar-refractivity contribution in [2.24, 2.45) is 0 Å². The largest absolute Gasteiger partial charge is 0.508 e. The fourth-order valence-electron chi connectivity index (χ4n) is 2.03. The van der Waals surface area contributed by atoms with Gasteiger partial charge < -0.3 is 19.7 Å². The van der Waals surface area contributed by atoms with E-state index in [2.05, 4.69) is 0 Å². The van der Waals surface area contributed by atoms with Crippen molar-refractivity contribution in [1.82, 2.24) is 0 Å². The minimum absolute atomic E-state index is 0.128. The van der Waals surface area contributed by atoms with Crippen LogP contribution >= 0.6 is 0 Å². The lowest BCUT2D eigenvalue weighted by Crippen LogP contribution is -2.02. The Morgan fingerprint density at radius 1 is 0.950 bits per heavy atom. The molecule has 0 fully saturated rings. The van der Waals surface area contributed by atoms with Crippen molar-refractivity contribution < 1.29 is 19.7 Å². The second kappa shape index (κ2) is 4.31. The van der Waals surface area contributed by atoms with Crippen LogP contribution in [0.1, 0.15) is 0 Å². The van der Waals surface area contributed by atoms with Gasteiger partial charge in [-0.3, -0.25) is 4.79 Å². The number of rotatable bonds is 1. The maximum Gasteiger partial charge on any atom is 0.235 e. The molecule has 5 heteroatoms. The summed E-state index contributed by atoms with van der Waals surface area (Å²) in [5.74, 6) is -1.14. The van der Waals surface area contributed by atoms with Crippen LogP contribution in [-0.4, -0.2) is 15.3 Å². The maximum absolute atomic E-state index is 12.1. The van der Waals surface area contributed by atoms with Crippen LogP contribution in [0.4, 0.5) is 0 Å². The Balaban J connectivity index is 2.37. The molecule has 0 atom stereocenters. The molecule has 0 unspecified atom stereocenters. The van der Waals surface area contributed by atoms with Gasteiger partial charge in [0.15, 0.2) is 5.76 Å². The van der Waals surface area contributed by atoms with Crippen LogP contribution in [0.2, 0.25) is 0 Å². The molecule has 0 saturated heterocycles. The summed E-state index contributed by atoms with van der Waals surface area (Å²) in [6.07, 6.45) is 0. The van der Waals surface area contributed by atoms with Crippen molar-refractivity contribution in [2.75, 3.05) is 0 Å². The van der Waals surface area contributed by atoms with Gasteiger partial charge >= 0.3 is 0 Å². The summed E-state index contributed by atoms with van der Waals surface area (Å²) in [4.78, 5) is 12.1. The fourth-order valence-corrected chi connectivity index (χ4v) is 2.03. The van der Waals surface area contributed by atoms with Gasteiger partial charge in [-0.05, 0) is 24.3 Å². The van der Waals surface area contributed by atoms with Crippen LogP contribution in [0.5, 0.6) is 17.2 Å². The lowest BCUT2D eigenvalue weighted by atomic mass is 10.1. The first-order valence-electron chi connectivity index (χ1n) is 5.85. The van der Waals surface area contributed by atoms with E-state index in [9.17, 15) is 20.1 Å². The van der Waals surface area contributed by atoms with Crippen LogP contribution in [-0.2, 0) is 0 Å². The predicted octanol–water partition coefficient (Wildman–Crippen LogP) is 2.58. The monoisotopic (exact) mass is 270 g/mol. The molecule has 0 aliphatic heterocycles. The van der Waals surface area contributed by atoms with E-state index >= 15 is 0 Å². The van der Waals surface area contributed by atoms with Gasteiger partial charge in [-0.2, -0.15) is 0 Å². The Kier molecular flexibility index (Phi) is 2.61. The van der Waals surface area contributed by atoms with Gasteiger partial charge in [0.05, 0.1) is 10.9 Å². The van der Waals surface area contributed by atoms with Crippen molar-refractivity contribution in [3.63, 3.8) is 0 Å².